The highest BCUT2D eigenvalue weighted by molar-refractivity contribution is 6.10. The molecule has 0 N–H and O–H groups in total. The summed E-state index contributed by atoms with van der Waals surface area (Å²) in [5, 5.41) is 21.3. The number of fused-ring (bicyclic) bond motifs is 12. The lowest BCUT2D eigenvalue weighted by Crippen LogP contribution is -2.36. The molecular formula is C45H26N4. The molecule has 0 saturated heterocycles. The van der Waals surface area contributed by atoms with Crippen molar-refractivity contribution in [2.24, 2.45) is 0 Å². The molecule has 0 unspecified atom stereocenters. The molecule has 7 aromatic carbocycles. The smallest absolute Gasteiger partial charge is 0.0991 e. The van der Waals surface area contributed by atoms with Crippen LogP contribution in [0.25, 0.3) is 38.6 Å². The van der Waals surface area contributed by atoms with Gasteiger partial charge in [0.05, 0.1) is 51.1 Å². The zero-order valence-corrected chi connectivity index (χ0v) is 26.3. The van der Waals surface area contributed by atoms with E-state index in [2.05, 4.69) is 143 Å². The minimum Gasteiger partial charge on any atom is -0.310 e. The molecule has 0 atom stereocenters. The predicted molar refractivity (Wildman–Crippen MR) is 196 cm³/mol. The van der Waals surface area contributed by atoms with Gasteiger partial charge in [-0.3, -0.25) is 0 Å². The topological polar surface area (TPSA) is 55.8 Å². The van der Waals surface area contributed by atoms with Crippen LogP contribution in [-0.4, -0.2) is 4.57 Å². The maximum Gasteiger partial charge on any atom is 0.0991 e. The van der Waals surface area contributed by atoms with Gasteiger partial charge in [0, 0.05) is 22.1 Å². The van der Waals surface area contributed by atoms with Gasteiger partial charge in [-0.2, -0.15) is 10.5 Å². The van der Waals surface area contributed by atoms with Crippen molar-refractivity contribution in [3.05, 3.63) is 191 Å². The third-order valence-electron chi connectivity index (χ3n) is 10.4. The number of hydrogen-bond donors (Lipinski definition) is 0. The Hall–Kier alpha value is -6.88. The second-order valence-corrected chi connectivity index (χ2v) is 12.8. The van der Waals surface area contributed by atoms with E-state index in [4.69, 9.17) is 0 Å². The van der Waals surface area contributed by atoms with Crippen LogP contribution in [0.3, 0.4) is 0 Å². The van der Waals surface area contributed by atoms with Crippen LogP contribution in [0, 0.1) is 22.7 Å². The number of para-hydroxylation sites is 2. The molecule has 1 aliphatic heterocycles. The summed E-state index contributed by atoms with van der Waals surface area (Å²) < 4.78 is 2.24. The van der Waals surface area contributed by atoms with Crippen molar-refractivity contribution in [3.8, 4) is 29.0 Å². The van der Waals surface area contributed by atoms with E-state index in [9.17, 15) is 10.5 Å². The Morgan fingerprint density at radius 3 is 1.43 bits per heavy atom. The van der Waals surface area contributed by atoms with Crippen LogP contribution in [0.15, 0.2) is 158 Å². The molecule has 0 fully saturated rings. The van der Waals surface area contributed by atoms with E-state index in [1.807, 2.05) is 36.4 Å². The molecular weight excluding hydrogens is 597 g/mol. The molecule has 8 aromatic rings. The summed E-state index contributed by atoms with van der Waals surface area (Å²) in [6.45, 7) is 0. The summed E-state index contributed by atoms with van der Waals surface area (Å²) in [4.78, 5) is 2.40. The third kappa shape index (κ3) is 3.55. The molecule has 2 aliphatic rings. The molecule has 10 rings (SSSR count). The molecule has 4 heteroatoms. The van der Waals surface area contributed by atoms with Crippen molar-refractivity contribution in [2.75, 3.05) is 4.90 Å². The van der Waals surface area contributed by atoms with E-state index in [0.717, 1.165) is 44.6 Å². The SMILES string of the molecule is N#Cc1ccc2c(c1)c1cc(C#N)ccc1n2-c1cccc(N2c3ccccc3C3(c4ccccc4-c4ccccc43)c3ccccc32)c1. The highest BCUT2D eigenvalue weighted by Gasteiger charge is 2.51. The van der Waals surface area contributed by atoms with Gasteiger partial charge in [0.25, 0.3) is 0 Å². The molecule has 1 aliphatic carbocycles. The number of nitriles is 2. The molecule has 226 valence electrons. The molecule has 0 amide bonds. The largest absolute Gasteiger partial charge is 0.310 e. The monoisotopic (exact) mass is 622 g/mol. The van der Waals surface area contributed by atoms with Crippen LogP contribution in [0.4, 0.5) is 17.1 Å². The van der Waals surface area contributed by atoms with Crippen LogP contribution in [-0.2, 0) is 5.41 Å². The lowest BCUT2D eigenvalue weighted by molar-refractivity contribution is 0.752. The molecule has 0 radical (unpaired) electrons. The van der Waals surface area contributed by atoms with Crippen molar-refractivity contribution in [1.82, 2.24) is 4.57 Å². The van der Waals surface area contributed by atoms with Crippen LogP contribution in [0.1, 0.15) is 33.4 Å². The highest BCUT2D eigenvalue weighted by Crippen LogP contribution is 2.63. The first-order chi connectivity index (χ1) is 24.2. The maximum atomic E-state index is 9.70. The van der Waals surface area contributed by atoms with Crippen LogP contribution in [0.5, 0.6) is 0 Å². The number of anilines is 3. The molecule has 4 nitrogen and oxygen atoms in total. The fraction of sp³-hybridized carbons (Fsp3) is 0.0222. The normalized spacial score (nSPS) is 13.4. The fourth-order valence-corrected chi connectivity index (χ4v) is 8.55. The van der Waals surface area contributed by atoms with E-state index in [0.29, 0.717) is 11.1 Å². The van der Waals surface area contributed by atoms with Crippen molar-refractivity contribution < 1.29 is 0 Å². The predicted octanol–water partition coefficient (Wildman–Crippen LogP) is 10.7. The van der Waals surface area contributed by atoms with Gasteiger partial charge >= 0.3 is 0 Å². The average Bonchev–Trinajstić information content (AvgIpc) is 3.65. The van der Waals surface area contributed by atoms with Crippen LogP contribution >= 0.6 is 0 Å². The molecule has 0 saturated carbocycles. The Morgan fingerprint density at radius 1 is 0.429 bits per heavy atom. The Balaban J connectivity index is 1.24. The van der Waals surface area contributed by atoms with Crippen LogP contribution < -0.4 is 4.90 Å². The van der Waals surface area contributed by atoms with Gasteiger partial charge < -0.3 is 9.47 Å². The second kappa shape index (κ2) is 10.1. The highest BCUT2D eigenvalue weighted by atomic mass is 15.2. The number of benzene rings is 7. The first kappa shape index (κ1) is 27.3. The molecule has 1 aromatic heterocycles. The second-order valence-electron chi connectivity index (χ2n) is 12.8. The van der Waals surface area contributed by atoms with E-state index in [1.165, 1.54) is 33.4 Å². The summed E-state index contributed by atoms with van der Waals surface area (Å²) in [5.41, 5.74) is 14.7. The Labute approximate surface area is 283 Å². The Kier molecular flexibility index (Phi) is 5.59. The molecule has 0 bridgehead atoms. The Bertz CT molecular complexity index is 2610. The van der Waals surface area contributed by atoms with Gasteiger partial charge in [-0.1, -0.05) is 91.0 Å². The van der Waals surface area contributed by atoms with Crippen molar-refractivity contribution >= 4 is 38.9 Å². The average molecular weight is 623 g/mol. The van der Waals surface area contributed by atoms with E-state index < -0.39 is 5.41 Å². The molecule has 2 heterocycles. The lowest BCUT2D eigenvalue weighted by Gasteiger charge is -2.45. The Morgan fingerprint density at radius 2 is 0.898 bits per heavy atom. The van der Waals surface area contributed by atoms with Crippen molar-refractivity contribution in [3.63, 3.8) is 0 Å². The summed E-state index contributed by atoms with van der Waals surface area (Å²) in [5.74, 6) is 0. The van der Waals surface area contributed by atoms with Gasteiger partial charge in [-0.15, -0.1) is 0 Å². The first-order valence-electron chi connectivity index (χ1n) is 16.4. The van der Waals surface area contributed by atoms with Gasteiger partial charge in [0.1, 0.15) is 0 Å². The summed E-state index contributed by atoms with van der Waals surface area (Å²) in [6.07, 6.45) is 0. The van der Waals surface area contributed by atoms with Gasteiger partial charge in [-0.25, -0.2) is 0 Å². The van der Waals surface area contributed by atoms with Gasteiger partial charge in [0.15, 0.2) is 0 Å². The van der Waals surface area contributed by atoms with E-state index in [1.54, 1.807) is 0 Å². The minimum atomic E-state index is -0.460. The molecule has 1 spiro atoms. The summed E-state index contributed by atoms with van der Waals surface area (Å²) >= 11 is 0. The van der Waals surface area contributed by atoms with E-state index in [-0.39, 0.29) is 0 Å². The maximum absolute atomic E-state index is 9.70. The standard InChI is InChI=1S/C45H26N4/c46-27-29-20-22-41-35(24-29)36-25-30(28-47)21-23-42(36)48(41)31-10-9-11-32(26-31)49-43-18-7-5-16-39(43)45(40-17-6-8-19-44(40)49)37-14-3-1-12-33(37)34-13-2-4-15-38(34)45/h1-26H. The number of nitrogens with zero attached hydrogens (tertiary/aromatic N) is 4. The number of aromatic nitrogens is 1. The van der Waals surface area contributed by atoms with Gasteiger partial charge in [-0.05, 0) is 100 Å². The van der Waals surface area contributed by atoms with Crippen molar-refractivity contribution in [1.29, 1.82) is 10.5 Å². The summed E-state index contributed by atoms with van der Waals surface area (Å²) in [7, 11) is 0. The number of hydrogen-bond acceptors (Lipinski definition) is 3. The van der Waals surface area contributed by atoms with Crippen molar-refractivity contribution in [2.45, 2.75) is 5.41 Å². The lowest BCUT2D eigenvalue weighted by atomic mass is 9.64. The first-order valence-corrected chi connectivity index (χ1v) is 16.4. The number of rotatable bonds is 2. The molecule has 49 heavy (non-hydrogen) atoms. The summed E-state index contributed by atoms with van der Waals surface area (Å²) in [6, 6.07) is 60.3. The third-order valence-corrected chi connectivity index (χ3v) is 10.4. The zero-order chi connectivity index (χ0) is 32.7. The quantitative estimate of drug-likeness (QED) is 0.193. The van der Waals surface area contributed by atoms with E-state index >= 15 is 0 Å². The fourth-order valence-electron chi connectivity index (χ4n) is 8.55. The zero-order valence-electron chi connectivity index (χ0n) is 26.3. The minimum absolute atomic E-state index is 0.460. The van der Waals surface area contributed by atoms with Gasteiger partial charge in [0.2, 0.25) is 0 Å². The van der Waals surface area contributed by atoms with Crippen LogP contribution in [0.2, 0.25) is 0 Å².